The van der Waals surface area contributed by atoms with Crippen LogP contribution in [0.5, 0.6) is 0 Å². The van der Waals surface area contributed by atoms with Gasteiger partial charge in [0, 0.05) is 6.42 Å². The predicted octanol–water partition coefficient (Wildman–Crippen LogP) is 1.96. The third-order valence-electron chi connectivity index (χ3n) is 3.35. The van der Waals surface area contributed by atoms with E-state index in [1.807, 2.05) is 60.7 Å². The van der Waals surface area contributed by atoms with Crippen molar-refractivity contribution in [2.45, 2.75) is 18.9 Å². The molecule has 0 fully saturated rings. The Hall–Kier alpha value is -2.02. The molecule has 0 aliphatic carbocycles. The highest BCUT2D eigenvalue weighted by Gasteiger charge is 2.27. The van der Waals surface area contributed by atoms with Crippen molar-refractivity contribution in [1.29, 1.82) is 0 Å². The number of nitrogens with two attached hydrogens (primary N) is 1. The molecule has 2 atom stereocenters. The molecule has 0 radical (unpaired) electrons. The minimum Gasteiger partial charge on any atom is -0.379 e. The summed E-state index contributed by atoms with van der Waals surface area (Å²) in [6.45, 7) is 0.321. The number of carbonyl (C=O) groups is 1. The monoisotopic (exact) mass is 364 g/mol. The second-order valence-corrected chi connectivity index (χ2v) is 6.73. The van der Waals surface area contributed by atoms with Gasteiger partial charge in [0.15, 0.2) is 0 Å². The van der Waals surface area contributed by atoms with Crippen LogP contribution in [0.1, 0.15) is 11.1 Å². The molecule has 7 nitrogen and oxygen atoms in total. The summed E-state index contributed by atoms with van der Waals surface area (Å²) >= 11 is 0. The number of hydroxylamine groups is 1. The van der Waals surface area contributed by atoms with Crippen LogP contribution < -0.4 is 11.0 Å². The van der Waals surface area contributed by atoms with Crippen LogP contribution in [0.15, 0.2) is 60.7 Å². The van der Waals surface area contributed by atoms with E-state index in [0.717, 1.165) is 11.1 Å². The summed E-state index contributed by atoms with van der Waals surface area (Å²) in [5, 5.41) is 0. The Morgan fingerprint density at radius 3 is 2.20 bits per heavy atom. The highest BCUT2D eigenvalue weighted by Crippen LogP contribution is 2.31. The zero-order valence-electron chi connectivity index (χ0n) is 13.6. The maximum absolute atomic E-state index is 12.1. The molecular weight excluding hydrogens is 343 g/mol. The molecule has 0 heterocycles. The molecule has 25 heavy (non-hydrogen) atoms. The molecule has 2 rings (SSSR count). The first-order valence-corrected chi connectivity index (χ1v) is 9.39. The lowest BCUT2D eigenvalue weighted by Crippen LogP contribution is -2.40. The number of hydrogen-bond acceptors (Lipinski definition) is 5. The van der Waals surface area contributed by atoms with Crippen LogP contribution in [-0.2, 0) is 31.6 Å². The molecule has 0 saturated carbocycles. The normalized spacial score (nSPS) is 14.5. The highest BCUT2D eigenvalue weighted by atomic mass is 31.2. The highest BCUT2D eigenvalue weighted by molar-refractivity contribution is 7.50. The van der Waals surface area contributed by atoms with Gasteiger partial charge in [-0.3, -0.25) is 0 Å². The summed E-state index contributed by atoms with van der Waals surface area (Å²) in [6, 6.07) is 17.9. The lowest BCUT2D eigenvalue weighted by Gasteiger charge is -2.18. The van der Waals surface area contributed by atoms with Gasteiger partial charge in [0.25, 0.3) is 0 Å². The van der Waals surface area contributed by atoms with E-state index in [-0.39, 0.29) is 6.42 Å². The lowest BCUT2D eigenvalue weighted by molar-refractivity contribution is -0.141. The van der Waals surface area contributed by atoms with Crippen molar-refractivity contribution in [3.8, 4) is 0 Å². The third kappa shape index (κ3) is 7.60. The van der Waals surface area contributed by atoms with E-state index in [2.05, 4.69) is 10.0 Å². The SMILES string of the molecule is NP(=O)(O)OC(=O)[C@H](Cc1ccccc1)NOCCc1ccccc1. The summed E-state index contributed by atoms with van der Waals surface area (Å²) in [4.78, 5) is 26.4. The summed E-state index contributed by atoms with van der Waals surface area (Å²) in [5.41, 5.74) is 9.43. The van der Waals surface area contributed by atoms with Crippen molar-refractivity contribution in [3.05, 3.63) is 71.8 Å². The molecule has 2 aromatic carbocycles. The number of rotatable bonds is 9. The van der Waals surface area contributed by atoms with E-state index in [1.54, 1.807) is 0 Å². The maximum atomic E-state index is 12.1. The van der Waals surface area contributed by atoms with Crippen molar-refractivity contribution >= 4 is 13.7 Å². The quantitative estimate of drug-likeness (QED) is 0.354. The Morgan fingerprint density at radius 2 is 1.64 bits per heavy atom. The van der Waals surface area contributed by atoms with Gasteiger partial charge in [0.2, 0.25) is 0 Å². The third-order valence-corrected chi connectivity index (χ3v) is 3.79. The van der Waals surface area contributed by atoms with E-state index >= 15 is 0 Å². The molecule has 0 aliphatic rings. The summed E-state index contributed by atoms with van der Waals surface area (Å²) in [6.07, 6.45) is 0.876. The van der Waals surface area contributed by atoms with Crippen LogP contribution >= 0.6 is 7.75 Å². The molecule has 1 unspecified atom stereocenters. The Morgan fingerprint density at radius 1 is 1.08 bits per heavy atom. The van der Waals surface area contributed by atoms with Crippen molar-refractivity contribution in [2.75, 3.05) is 6.61 Å². The Bertz CT molecular complexity index is 705. The molecule has 4 N–H and O–H groups in total. The molecule has 0 aliphatic heterocycles. The van der Waals surface area contributed by atoms with Gasteiger partial charge in [-0.25, -0.2) is 14.9 Å². The molecule has 0 saturated heterocycles. The molecule has 0 spiro atoms. The number of hydrogen-bond donors (Lipinski definition) is 3. The van der Waals surface area contributed by atoms with Crippen LogP contribution in [0.2, 0.25) is 0 Å². The largest absolute Gasteiger partial charge is 0.455 e. The smallest absolute Gasteiger partial charge is 0.379 e. The molecular formula is C17H21N2O5P. The maximum Gasteiger partial charge on any atom is 0.455 e. The van der Waals surface area contributed by atoms with Gasteiger partial charge in [-0.05, 0) is 17.5 Å². The number of benzene rings is 2. The van der Waals surface area contributed by atoms with Crippen molar-refractivity contribution in [3.63, 3.8) is 0 Å². The minimum atomic E-state index is -4.41. The second-order valence-electron chi connectivity index (χ2n) is 5.42. The first-order chi connectivity index (χ1) is 11.9. The first kappa shape index (κ1) is 19.3. The van der Waals surface area contributed by atoms with Gasteiger partial charge in [-0.1, -0.05) is 60.7 Å². The zero-order valence-corrected chi connectivity index (χ0v) is 14.5. The summed E-state index contributed by atoms with van der Waals surface area (Å²) < 4.78 is 15.5. The molecule has 0 amide bonds. The van der Waals surface area contributed by atoms with Crippen LogP contribution in [0.3, 0.4) is 0 Å². The van der Waals surface area contributed by atoms with Crippen LogP contribution in [0.4, 0.5) is 0 Å². The molecule has 0 aromatic heterocycles. The van der Waals surface area contributed by atoms with Crippen LogP contribution in [0.25, 0.3) is 0 Å². The van der Waals surface area contributed by atoms with E-state index in [1.165, 1.54) is 0 Å². The second kappa shape index (κ2) is 9.46. The Balaban J connectivity index is 1.91. The summed E-state index contributed by atoms with van der Waals surface area (Å²) in [7, 11) is -4.41. The van der Waals surface area contributed by atoms with Gasteiger partial charge in [-0.2, -0.15) is 5.48 Å². The van der Waals surface area contributed by atoms with Crippen molar-refractivity contribution in [1.82, 2.24) is 5.48 Å². The molecule has 8 heteroatoms. The standard InChI is InChI=1S/C17H21N2O5P/c18-25(21,22)24-17(20)16(13-15-9-5-2-6-10-15)19-23-12-11-14-7-3-1-4-8-14/h1-10,16,19H,11-13H2,(H3,18,21,22)/t16-/m0/s1. The summed E-state index contributed by atoms with van der Waals surface area (Å²) in [5.74, 6) is -0.947. The number of nitrogens with one attached hydrogen (secondary N) is 1. The fourth-order valence-corrected chi connectivity index (χ4v) is 2.57. The fraction of sp³-hybridized carbons (Fsp3) is 0.235. The Kier molecular flexibility index (Phi) is 7.31. The fourth-order valence-electron chi connectivity index (χ4n) is 2.19. The molecule has 0 bridgehead atoms. The van der Waals surface area contributed by atoms with E-state index in [9.17, 15) is 9.36 Å². The lowest BCUT2D eigenvalue weighted by atomic mass is 10.1. The predicted molar refractivity (Wildman–Crippen MR) is 93.3 cm³/mol. The molecule has 134 valence electrons. The van der Waals surface area contributed by atoms with E-state index < -0.39 is 19.8 Å². The Labute approximate surface area is 146 Å². The van der Waals surface area contributed by atoms with Gasteiger partial charge < -0.3 is 14.3 Å². The van der Waals surface area contributed by atoms with E-state index in [0.29, 0.717) is 13.0 Å². The van der Waals surface area contributed by atoms with Gasteiger partial charge in [0.05, 0.1) is 6.61 Å². The first-order valence-electron chi connectivity index (χ1n) is 7.74. The molecule has 2 aromatic rings. The van der Waals surface area contributed by atoms with Gasteiger partial charge in [-0.15, -0.1) is 0 Å². The van der Waals surface area contributed by atoms with Gasteiger partial charge >= 0.3 is 13.7 Å². The van der Waals surface area contributed by atoms with Crippen LogP contribution in [0, 0.1) is 0 Å². The topological polar surface area (TPSA) is 111 Å². The number of carbonyl (C=O) groups excluding carboxylic acids is 1. The average molecular weight is 364 g/mol. The minimum absolute atomic E-state index is 0.227. The average Bonchev–Trinajstić information content (AvgIpc) is 2.58. The van der Waals surface area contributed by atoms with Crippen molar-refractivity contribution in [2.24, 2.45) is 5.50 Å². The van der Waals surface area contributed by atoms with Crippen molar-refractivity contribution < 1.29 is 23.6 Å². The van der Waals surface area contributed by atoms with E-state index in [4.69, 9.17) is 15.2 Å². The zero-order chi connectivity index (χ0) is 18.1. The van der Waals surface area contributed by atoms with Crippen LogP contribution in [-0.4, -0.2) is 23.5 Å². The van der Waals surface area contributed by atoms with Gasteiger partial charge in [0.1, 0.15) is 6.04 Å².